The minimum Gasteiger partial charge on any atom is -0.466 e. The number of nitrogens with zero attached hydrogens (tertiary/aromatic N) is 1. The lowest BCUT2D eigenvalue weighted by Gasteiger charge is -2.36. The molecule has 264 valence electrons. The molecule has 1 rings (SSSR count). The van der Waals surface area contributed by atoms with Crippen molar-refractivity contribution in [1.82, 2.24) is 10.6 Å². The van der Waals surface area contributed by atoms with Crippen molar-refractivity contribution in [2.45, 2.75) is 129 Å². The Labute approximate surface area is 281 Å². The second-order valence-corrected chi connectivity index (χ2v) is 10.1. The third kappa shape index (κ3) is 34.5. The summed E-state index contributed by atoms with van der Waals surface area (Å²) in [6.07, 6.45) is 7.75. The van der Waals surface area contributed by atoms with Crippen molar-refractivity contribution in [2.75, 3.05) is 37.8 Å². The van der Waals surface area contributed by atoms with Crippen molar-refractivity contribution in [3.63, 3.8) is 0 Å². The fraction of sp³-hybridized carbons (Fsp3) is 0.765. The van der Waals surface area contributed by atoms with Crippen LogP contribution in [0.2, 0.25) is 0 Å². The number of alkyl carbamates (subject to hydrolysis) is 1. The van der Waals surface area contributed by atoms with E-state index in [9.17, 15) is 14.4 Å². The topological polar surface area (TPSA) is 106 Å². The molecule has 8 nitrogen and oxygen atoms in total. The first kappa shape index (κ1) is 54.5. The Morgan fingerprint density at radius 3 is 1.82 bits per heavy atom. The van der Waals surface area contributed by atoms with E-state index in [1.54, 1.807) is 28.5 Å². The number of nitrogens with one attached hydrogen (secondary N) is 2. The van der Waals surface area contributed by atoms with E-state index in [2.05, 4.69) is 28.9 Å². The second-order valence-electron chi connectivity index (χ2n) is 7.40. The molecule has 1 aliphatic carbocycles. The van der Waals surface area contributed by atoms with Crippen LogP contribution in [0.4, 0.5) is 4.79 Å². The Morgan fingerprint density at radius 2 is 1.34 bits per heavy atom. The molecule has 0 aromatic rings. The molecule has 0 spiro atoms. The molecule has 2 N–H and O–H groups in total. The molecule has 0 unspecified atom stereocenters. The van der Waals surface area contributed by atoms with E-state index in [0.29, 0.717) is 43.2 Å². The van der Waals surface area contributed by atoms with Gasteiger partial charge in [-0.3, -0.25) is 14.6 Å². The maximum atomic E-state index is 12.1. The largest absolute Gasteiger partial charge is 0.466 e. The minimum absolute atomic E-state index is 0.205. The lowest BCUT2D eigenvalue weighted by molar-refractivity contribution is -0.146. The van der Waals surface area contributed by atoms with E-state index >= 15 is 0 Å². The monoisotopic (exact) mass is 665 g/mol. The SMILES string of the molecule is C=C/C(=C\N=C)C(=O)NCCSSCCOC(=O)NCC1(CC(=O)OCC)CCCCC1.CC.CC.CC.CC.CC.CC. The van der Waals surface area contributed by atoms with Gasteiger partial charge in [-0.05, 0) is 31.9 Å². The van der Waals surface area contributed by atoms with Crippen LogP contribution in [0.3, 0.4) is 0 Å². The zero-order chi connectivity index (χ0) is 35.7. The number of aliphatic imine (C=N–C) groups is 1. The van der Waals surface area contributed by atoms with Gasteiger partial charge in [0.25, 0.3) is 5.91 Å². The summed E-state index contributed by atoms with van der Waals surface area (Å²) < 4.78 is 10.4. The Hall–Kier alpha value is -1.94. The molecule has 0 saturated heterocycles. The highest BCUT2D eigenvalue weighted by Crippen LogP contribution is 2.39. The van der Waals surface area contributed by atoms with Crippen LogP contribution in [0, 0.1) is 5.41 Å². The van der Waals surface area contributed by atoms with Crippen LogP contribution in [0.5, 0.6) is 0 Å². The number of hydrogen-bond donors (Lipinski definition) is 2. The average Bonchev–Trinajstić information content (AvgIpc) is 3.09. The smallest absolute Gasteiger partial charge is 0.407 e. The highest BCUT2D eigenvalue weighted by molar-refractivity contribution is 8.76. The third-order valence-corrected chi connectivity index (χ3v) is 7.38. The lowest BCUT2D eigenvalue weighted by atomic mass is 9.72. The van der Waals surface area contributed by atoms with Gasteiger partial charge in [0.2, 0.25) is 0 Å². The van der Waals surface area contributed by atoms with Crippen LogP contribution in [-0.2, 0) is 19.1 Å². The zero-order valence-electron chi connectivity index (χ0n) is 30.9. The first-order valence-corrected chi connectivity index (χ1v) is 19.3. The predicted molar refractivity (Wildman–Crippen MR) is 200 cm³/mol. The summed E-state index contributed by atoms with van der Waals surface area (Å²) in [5.41, 5.74) is 0.135. The lowest BCUT2D eigenvalue weighted by Crippen LogP contribution is -2.41. The Bertz CT molecular complexity index is 669. The number of carbonyl (C=O) groups is 3. The van der Waals surface area contributed by atoms with Gasteiger partial charge in [-0.25, -0.2) is 4.79 Å². The molecule has 0 radical (unpaired) electrons. The van der Waals surface area contributed by atoms with Gasteiger partial charge >= 0.3 is 12.1 Å². The fourth-order valence-corrected chi connectivity index (χ4v) is 5.18. The highest BCUT2D eigenvalue weighted by atomic mass is 33.1. The van der Waals surface area contributed by atoms with E-state index in [-0.39, 0.29) is 23.9 Å². The number of carbonyl (C=O) groups excluding carboxylic acids is 3. The van der Waals surface area contributed by atoms with Gasteiger partial charge in [0.1, 0.15) is 6.61 Å². The first-order chi connectivity index (χ1) is 21.5. The number of hydrogen-bond acceptors (Lipinski definition) is 8. The van der Waals surface area contributed by atoms with Crippen molar-refractivity contribution in [2.24, 2.45) is 10.4 Å². The standard InChI is InChI=1S/C22H35N3O5S2.6C2H6/c1-4-18(16-23-3)20(27)24-11-13-31-32-14-12-30-21(28)25-17-22(9-7-6-8-10-22)15-19(26)29-5-2;6*1-2/h4,16H,1,3,5-15,17H2,2H3,(H,24,27)(H,25,28);6*1-2H3/b18-16+;;;;;;. The van der Waals surface area contributed by atoms with E-state index in [0.717, 1.165) is 32.1 Å². The maximum Gasteiger partial charge on any atom is 0.407 e. The van der Waals surface area contributed by atoms with Crippen molar-refractivity contribution >= 4 is 46.3 Å². The minimum atomic E-state index is -0.462. The summed E-state index contributed by atoms with van der Waals surface area (Å²) in [6, 6.07) is 0. The third-order valence-electron chi connectivity index (χ3n) is 5.01. The van der Waals surface area contributed by atoms with Crippen molar-refractivity contribution in [3.8, 4) is 0 Å². The molecular weight excluding hydrogens is 595 g/mol. The molecule has 0 aromatic carbocycles. The van der Waals surface area contributed by atoms with Crippen molar-refractivity contribution in [3.05, 3.63) is 24.4 Å². The van der Waals surface area contributed by atoms with E-state index < -0.39 is 6.09 Å². The Balaban J connectivity index is -0.000000267. The van der Waals surface area contributed by atoms with E-state index in [1.807, 2.05) is 83.1 Å². The summed E-state index contributed by atoms with van der Waals surface area (Å²) in [5.74, 6) is 0.906. The molecule has 44 heavy (non-hydrogen) atoms. The molecule has 1 saturated carbocycles. The molecule has 0 aromatic heterocycles. The summed E-state index contributed by atoms with van der Waals surface area (Å²) >= 11 is 0. The van der Waals surface area contributed by atoms with Gasteiger partial charge < -0.3 is 20.1 Å². The van der Waals surface area contributed by atoms with Gasteiger partial charge in [0, 0.05) is 30.8 Å². The van der Waals surface area contributed by atoms with Crippen molar-refractivity contribution in [1.29, 1.82) is 0 Å². The predicted octanol–water partition coefficient (Wildman–Crippen LogP) is 10.0. The molecule has 1 fully saturated rings. The quantitative estimate of drug-likeness (QED) is 0.0448. The first-order valence-electron chi connectivity index (χ1n) is 16.8. The molecule has 0 aliphatic heterocycles. The van der Waals surface area contributed by atoms with Gasteiger partial charge in [0.05, 0.1) is 18.6 Å². The number of rotatable bonds is 15. The van der Waals surface area contributed by atoms with Crippen LogP contribution in [0.25, 0.3) is 0 Å². The molecule has 0 atom stereocenters. The number of esters is 1. The van der Waals surface area contributed by atoms with Crippen LogP contribution in [0.1, 0.15) is 129 Å². The molecular formula is C34H71N3O5S2. The van der Waals surface area contributed by atoms with Crippen LogP contribution in [0.15, 0.2) is 29.4 Å². The Kier molecular flexibility index (Phi) is 59.5. The normalized spacial score (nSPS) is 12.0. The van der Waals surface area contributed by atoms with Gasteiger partial charge in [0.15, 0.2) is 0 Å². The number of amides is 2. The summed E-state index contributed by atoms with van der Waals surface area (Å²) in [5, 5.41) is 5.60. The highest BCUT2D eigenvalue weighted by Gasteiger charge is 2.35. The molecule has 10 heteroatoms. The van der Waals surface area contributed by atoms with Crippen LogP contribution >= 0.6 is 21.6 Å². The van der Waals surface area contributed by atoms with Gasteiger partial charge in [-0.2, -0.15) is 0 Å². The van der Waals surface area contributed by atoms with Gasteiger partial charge in [-0.1, -0.05) is 137 Å². The fourth-order valence-electron chi connectivity index (χ4n) is 3.44. The van der Waals surface area contributed by atoms with E-state index in [4.69, 9.17) is 9.47 Å². The van der Waals surface area contributed by atoms with Crippen molar-refractivity contribution < 1.29 is 23.9 Å². The number of ether oxygens (including phenoxy) is 2. The maximum absolute atomic E-state index is 12.1. The molecule has 2 amide bonds. The van der Waals surface area contributed by atoms with Crippen LogP contribution < -0.4 is 10.6 Å². The molecule has 0 bridgehead atoms. The summed E-state index contributed by atoms with van der Waals surface area (Å²) in [7, 11) is 3.15. The zero-order valence-corrected chi connectivity index (χ0v) is 32.5. The second kappa shape index (κ2) is 48.0. The van der Waals surface area contributed by atoms with Gasteiger partial charge in [-0.15, -0.1) is 0 Å². The molecule has 1 aliphatic rings. The molecule has 0 heterocycles. The van der Waals surface area contributed by atoms with E-state index in [1.165, 1.54) is 12.3 Å². The summed E-state index contributed by atoms with van der Waals surface area (Å²) in [4.78, 5) is 39.4. The average molecular weight is 666 g/mol. The summed E-state index contributed by atoms with van der Waals surface area (Å²) in [6.45, 7) is 34.3. The van der Waals surface area contributed by atoms with Crippen LogP contribution in [-0.4, -0.2) is 62.5 Å². The Morgan fingerprint density at radius 1 is 0.818 bits per heavy atom.